The van der Waals surface area contributed by atoms with E-state index < -0.39 is 18.6 Å². The average Bonchev–Trinajstić information content (AvgIpc) is 3.49. The van der Waals surface area contributed by atoms with Gasteiger partial charge in [0, 0.05) is 6.04 Å². The van der Waals surface area contributed by atoms with Crippen LogP contribution in [0.15, 0.2) is 102 Å². The lowest BCUT2D eigenvalue weighted by molar-refractivity contribution is 0.201. The van der Waals surface area contributed by atoms with Gasteiger partial charge in [0.05, 0.1) is 11.6 Å². The van der Waals surface area contributed by atoms with Crippen molar-refractivity contribution in [2.75, 3.05) is 14.1 Å². The standard InChI is InChI=1S/C42H55N4P/c1-11-33(7)39-41(35-21-13-29(3)14-22-35,36-23-15-30(4)16-24-36)43-47(45(39)9)44-42(37-25-17-31(5)18-26-37,38-27-19-32(6)20-28-38)40(46(47)10)34(8)12-2/h13-28,33-34,39-40,43H,11-12H2,1-10H3/t33-,34-,39?,40?,47?/m0/s1. The van der Waals surface area contributed by atoms with E-state index in [-0.39, 0.29) is 12.1 Å². The molecule has 4 nitrogen and oxygen atoms in total. The molecule has 0 aromatic heterocycles. The Morgan fingerprint density at radius 3 is 1.26 bits per heavy atom. The molecule has 0 bridgehead atoms. The fraction of sp³-hybridized carbons (Fsp3) is 0.429. The van der Waals surface area contributed by atoms with E-state index in [0.29, 0.717) is 11.8 Å². The predicted molar refractivity (Wildman–Crippen MR) is 201 cm³/mol. The largest absolute Gasteiger partial charge is 0.244 e. The van der Waals surface area contributed by atoms with Gasteiger partial charge in [-0.25, -0.2) is 19.2 Å². The summed E-state index contributed by atoms with van der Waals surface area (Å²) in [5.41, 5.74) is 9.29. The van der Waals surface area contributed by atoms with Gasteiger partial charge in [0.15, 0.2) is 7.51 Å². The topological polar surface area (TPSA) is 30.9 Å². The normalized spacial score (nSPS) is 25.1. The second-order valence-electron chi connectivity index (χ2n) is 14.6. The molecule has 5 heteroatoms. The van der Waals surface area contributed by atoms with Crippen LogP contribution < -0.4 is 5.09 Å². The lowest BCUT2D eigenvalue weighted by Crippen LogP contribution is -2.50. The Labute approximate surface area is 284 Å². The van der Waals surface area contributed by atoms with E-state index in [0.717, 1.165) is 12.8 Å². The van der Waals surface area contributed by atoms with Gasteiger partial charge in [-0.15, -0.1) is 0 Å². The summed E-state index contributed by atoms with van der Waals surface area (Å²) in [6.07, 6.45) is 2.15. The first kappa shape index (κ1) is 33.9. The van der Waals surface area contributed by atoms with Crippen LogP contribution in [0.25, 0.3) is 0 Å². The first-order valence-electron chi connectivity index (χ1n) is 17.6. The molecule has 3 unspecified atom stereocenters. The van der Waals surface area contributed by atoms with Gasteiger partial charge in [0.25, 0.3) is 0 Å². The average molecular weight is 647 g/mol. The fourth-order valence-electron chi connectivity index (χ4n) is 8.56. The third kappa shape index (κ3) is 5.28. The van der Waals surface area contributed by atoms with Crippen LogP contribution in [0.3, 0.4) is 0 Å². The summed E-state index contributed by atoms with van der Waals surface area (Å²) in [4.78, 5) is 0. The molecule has 2 aliphatic heterocycles. The van der Waals surface area contributed by atoms with Crippen LogP contribution in [-0.2, 0) is 11.1 Å². The summed E-state index contributed by atoms with van der Waals surface area (Å²) in [5, 5.41) is 4.54. The Morgan fingerprint density at radius 2 is 0.894 bits per heavy atom. The van der Waals surface area contributed by atoms with E-state index >= 15 is 0 Å². The van der Waals surface area contributed by atoms with Gasteiger partial charge in [0.1, 0.15) is 5.54 Å². The number of nitrogens with zero attached hydrogens (tertiary/aromatic N) is 3. The van der Waals surface area contributed by atoms with Crippen LogP contribution in [-0.4, -0.2) is 35.5 Å². The Hall–Kier alpha value is -3.01. The first-order chi connectivity index (χ1) is 22.4. The molecule has 2 aliphatic rings. The SMILES string of the molecule is CC[C@H](C)C1N(C)P2(=NC1(c1ccc(C)cc1)c1ccc(C)cc1)NC(c1ccc(C)cc1)(c1ccc(C)cc1)C([C@@H](C)CC)N2C. The maximum absolute atomic E-state index is 6.36. The van der Waals surface area contributed by atoms with Gasteiger partial charge in [-0.3, -0.25) is 0 Å². The van der Waals surface area contributed by atoms with Crippen molar-refractivity contribution in [2.45, 2.75) is 91.4 Å². The third-order valence-corrected chi connectivity index (χ3v) is 15.0. The van der Waals surface area contributed by atoms with Crippen molar-refractivity contribution in [2.24, 2.45) is 16.6 Å². The molecular weight excluding hydrogens is 591 g/mol. The monoisotopic (exact) mass is 646 g/mol. The van der Waals surface area contributed by atoms with Crippen LogP contribution in [0.5, 0.6) is 0 Å². The van der Waals surface area contributed by atoms with E-state index in [4.69, 9.17) is 4.74 Å². The fourth-order valence-corrected chi connectivity index (χ4v) is 12.8. The molecule has 1 saturated heterocycles. The van der Waals surface area contributed by atoms with Gasteiger partial charge >= 0.3 is 0 Å². The molecule has 248 valence electrons. The van der Waals surface area contributed by atoms with Crippen LogP contribution in [0.4, 0.5) is 0 Å². The minimum Gasteiger partial charge on any atom is -0.244 e. The molecule has 2 heterocycles. The van der Waals surface area contributed by atoms with E-state index in [9.17, 15) is 0 Å². The van der Waals surface area contributed by atoms with E-state index in [2.05, 4.69) is 181 Å². The van der Waals surface area contributed by atoms with Crippen molar-refractivity contribution < 1.29 is 0 Å². The molecular formula is C42H55N4P. The molecule has 0 radical (unpaired) electrons. The van der Waals surface area contributed by atoms with E-state index in [1.807, 2.05) is 0 Å². The molecule has 1 spiro atoms. The van der Waals surface area contributed by atoms with Crippen molar-refractivity contribution >= 4 is 7.51 Å². The minimum absolute atomic E-state index is 0.158. The first-order valence-corrected chi connectivity index (χ1v) is 19.3. The van der Waals surface area contributed by atoms with Crippen molar-refractivity contribution in [1.29, 1.82) is 0 Å². The number of hydrogen-bond donors (Lipinski definition) is 1. The second kappa shape index (κ2) is 12.8. The predicted octanol–water partition coefficient (Wildman–Crippen LogP) is 10.4. The highest BCUT2D eigenvalue weighted by Crippen LogP contribution is 2.73. The number of benzene rings is 4. The highest BCUT2D eigenvalue weighted by Gasteiger charge is 2.65. The number of likely N-dealkylation sites (N-methyl/N-ethyl adjacent to an activating group) is 2. The van der Waals surface area contributed by atoms with Crippen LogP contribution in [0.1, 0.15) is 85.0 Å². The van der Waals surface area contributed by atoms with Crippen molar-refractivity contribution in [3.63, 3.8) is 0 Å². The zero-order chi connectivity index (χ0) is 33.7. The minimum atomic E-state index is -2.54. The van der Waals surface area contributed by atoms with Crippen molar-refractivity contribution in [3.8, 4) is 0 Å². The maximum atomic E-state index is 6.36. The highest BCUT2D eigenvalue weighted by molar-refractivity contribution is 7.60. The summed E-state index contributed by atoms with van der Waals surface area (Å²) >= 11 is 0. The molecule has 1 fully saturated rings. The lowest BCUT2D eigenvalue weighted by Gasteiger charge is -2.41. The van der Waals surface area contributed by atoms with Crippen LogP contribution in [0, 0.1) is 39.5 Å². The quantitative estimate of drug-likeness (QED) is 0.193. The zero-order valence-corrected chi connectivity index (χ0v) is 31.1. The Balaban J connectivity index is 1.73. The Kier molecular flexibility index (Phi) is 9.22. The van der Waals surface area contributed by atoms with Crippen LogP contribution >= 0.6 is 7.51 Å². The summed E-state index contributed by atoms with van der Waals surface area (Å²) in [5.74, 6) is 0.811. The highest BCUT2D eigenvalue weighted by atomic mass is 31.2. The molecule has 5 atom stereocenters. The van der Waals surface area contributed by atoms with Gasteiger partial charge in [-0.05, 0) is 75.9 Å². The summed E-state index contributed by atoms with van der Waals surface area (Å²) < 4.78 is 11.8. The molecule has 4 aromatic rings. The van der Waals surface area contributed by atoms with Crippen LogP contribution in [0.2, 0.25) is 0 Å². The summed E-state index contributed by atoms with van der Waals surface area (Å²) in [6, 6.07) is 37.4. The smallest absolute Gasteiger partial charge is 0.167 e. The molecule has 0 amide bonds. The Morgan fingerprint density at radius 1 is 0.574 bits per heavy atom. The zero-order valence-electron chi connectivity index (χ0n) is 30.3. The van der Waals surface area contributed by atoms with E-state index in [1.54, 1.807) is 0 Å². The number of aryl methyl sites for hydroxylation is 4. The number of hydrogen-bond acceptors (Lipinski definition) is 4. The van der Waals surface area contributed by atoms with Gasteiger partial charge in [-0.2, -0.15) is 0 Å². The molecule has 47 heavy (non-hydrogen) atoms. The number of nitrogens with one attached hydrogen (secondary N) is 1. The number of rotatable bonds is 8. The third-order valence-electron chi connectivity index (χ3n) is 11.5. The molecule has 4 aromatic carbocycles. The molecule has 1 N–H and O–H groups in total. The molecule has 6 rings (SSSR count). The van der Waals surface area contributed by atoms with Gasteiger partial charge in [-0.1, -0.05) is 160 Å². The van der Waals surface area contributed by atoms with Crippen molar-refractivity contribution in [3.05, 3.63) is 142 Å². The lowest BCUT2D eigenvalue weighted by atomic mass is 9.72. The maximum Gasteiger partial charge on any atom is 0.167 e. The molecule has 0 aliphatic carbocycles. The van der Waals surface area contributed by atoms with E-state index in [1.165, 1.54) is 44.5 Å². The van der Waals surface area contributed by atoms with Crippen molar-refractivity contribution in [1.82, 2.24) is 14.4 Å². The summed E-state index contributed by atoms with van der Waals surface area (Å²) in [6.45, 7) is 18.3. The summed E-state index contributed by atoms with van der Waals surface area (Å²) in [7, 11) is 2.20. The Bertz CT molecular complexity index is 1650. The molecule has 0 saturated carbocycles. The van der Waals surface area contributed by atoms with Gasteiger partial charge in [0.2, 0.25) is 0 Å². The van der Waals surface area contributed by atoms with Gasteiger partial charge < -0.3 is 0 Å². The second-order valence-corrected chi connectivity index (χ2v) is 17.4.